The van der Waals surface area contributed by atoms with Crippen LogP contribution in [0.25, 0.3) is 0 Å². The van der Waals surface area contributed by atoms with Crippen molar-refractivity contribution in [1.82, 2.24) is 9.21 Å². The molecule has 0 N–H and O–H groups in total. The molecular formula is C24H36N2O6S. The highest BCUT2D eigenvalue weighted by Crippen LogP contribution is 2.21. The molecular weight excluding hydrogens is 444 g/mol. The minimum absolute atomic E-state index is 0.0493. The summed E-state index contributed by atoms with van der Waals surface area (Å²) in [6.45, 7) is 7.52. The van der Waals surface area contributed by atoms with Crippen molar-refractivity contribution in [2.75, 3.05) is 26.2 Å². The molecule has 33 heavy (non-hydrogen) atoms. The van der Waals surface area contributed by atoms with Crippen LogP contribution in [0.1, 0.15) is 58.4 Å². The van der Waals surface area contributed by atoms with Crippen molar-refractivity contribution in [3.63, 3.8) is 0 Å². The Kier molecular flexibility index (Phi) is 8.89. The number of nitrogens with zero attached hydrogens (tertiary/aromatic N) is 2. The van der Waals surface area contributed by atoms with Gasteiger partial charge in [0, 0.05) is 32.6 Å². The van der Waals surface area contributed by atoms with Gasteiger partial charge < -0.3 is 14.4 Å². The molecule has 0 bridgehead atoms. The molecule has 2 heterocycles. The molecule has 8 nitrogen and oxygen atoms in total. The van der Waals surface area contributed by atoms with Crippen molar-refractivity contribution >= 4 is 21.9 Å². The Hall–Kier alpha value is -1.97. The van der Waals surface area contributed by atoms with Crippen LogP contribution in [-0.2, 0) is 35.5 Å². The summed E-state index contributed by atoms with van der Waals surface area (Å²) < 4.78 is 38.3. The lowest BCUT2D eigenvalue weighted by Crippen LogP contribution is -2.51. The molecule has 1 aromatic carbocycles. The van der Waals surface area contributed by atoms with Gasteiger partial charge in [-0.2, -0.15) is 4.31 Å². The molecule has 1 amide bonds. The summed E-state index contributed by atoms with van der Waals surface area (Å²) in [6.07, 6.45) is 3.50. The Morgan fingerprint density at radius 3 is 2.18 bits per heavy atom. The second-order valence-corrected chi connectivity index (χ2v) is 11.0. The minimum atomic E-state index is -3.49. The number of sulfonamides is 1. The Bertz CT molecular complexity index is 899. The average Bonchev–Trinajstić information content (AvgIpc) is 3.07. The smallest absolute Gasteiger partial charge is 0.306 e. The molecule has 3 atom stereocenters. The third kappa shape index (κ3) is 7.01. The number of aryl methyl sites for hydroxylation is 1. The second kappa shape index (κ2) is 11.4. The molecule has 2 saturated heterocycles. The first-order valence-corrected chi connectivity index (χ1v) is 13.3. The Labute approximate surface area is 197 Å². The third-order valence-corrected chi connectivity index (χ3v) is 8.04. The molecule has 1 aromatic rings. The van der Waals surface area contributed by atoms with E-state index in [2.05, 4.69) is 0 Å². The van der Waals surface area contributed by atoms with Crippen LogP contribution in [0.15, 0.2) is 29.2 Å². The molecule has 3 unspecified atom stereocenters. The monoisotopic (exact) mass is 480 g/mol. The van der Waals surface area contributed by atoms with E-state index in [1.165, 1.54) is 0 Å². The Balaban J connectivity index is 1.49. The zero-order chi connectivity index (χ0) is 24.0. The Morgan fingerprint density at radius 2 is 1.61 bits per heavy atom. The number of rotatable bonds is 7. The zero-order valence-corrected chi connectivity index (χ0v) is 20.7. The van der Waals surface area contributed by atoms with Crippen LogP contribution in [0.3, 0.4) is 0 Å². The maximum absolute atomic E-state index is 12.9. The molecule has 2 aliphatic rings. The average molecular weight is 481 g/mol. The number of amides is 1. The van der Waals surface area contributed by atoms with E-state index < -0.39 is 22.1 Å². The van der Waals surface area contributed by atoms with Gasteiger partial charge >= 0.3 is 5.97 Å². The van der Waals surface area contributed by atoms with Crippen LogP contribution in [0, 0.1) is 0 Å². The van der Waals surface area contributed by atoms with Crippen molar-refractivity contribution in [2.24, 2.45) is 0 Å². The molecule has 184 valence electrons. The predicted octanol–water partition coefficient (Wildman–Crippen LogP) is 2.75. The van der Waals surface area contributed by atoms with Crippen molar-refractivity contribution in [2.45, 2.75) is 82.5 Å². The number of ether oxygens (including phenoxy) is 2. The summed E-state index contributed by atoms with van der Waals surface area (Å²) in [4.78, 5) is 26.9. The fraction of sp³-hybridized carbons (Fsp3) is 0.667. The van der Waals surface area contributed by atoms with Crippen LogP contribution >= 0.6 is 0 Å². The van der Waals surface area contributed by atoms with E-state index in [-0.39, 0.29) is 29.4 Å². The van der Waals surface area contributed by atoms with Crippen LogP contribution < -0.4 is 0 Å². The molecule has 2 aliphatic heterocycles. The van der Waals surface area contributed by atoms with Gasteiger partial charge in [-0.15, -0.1) is 0 Å². The SMILES string of the molecule is CC1CN(C(=O)C(C)OC(=O)CCc2ccc(S(=O)(=O)N3CCCCCC3)cc2)CC(C)O1. The fourth-order valence-corrected chi connectivity index (χ4v) is 5.94. The third-order valence-electron chi connectivity index (χ3n) is 6.13. The number of hydrogen-bond donors (Lipinski definition) is 0. The normalized spacial score (nSPS) is 23.5. The predicted molar refractivity (Wildman–Crippen MR) is 124 cm³/mol. The summed E-state index contributed by atoms with van der Waals surface area (Å²) in [6, 6.07) is 6.69. The van der Waals surface area contributed by atoms with E-state index >= 15 is 0 Å². The van der Waals surface area contributed by atoms with Crippen LogP contribution in [0.2, 0.25) is 0 Å². The van der Waals surface area contributed by atoms with Gasteiger partial charge in [0.1, 0.15) is 0 Å². The van der Waals surface area contributed by atoms with Crippen LogP contribution in [-0.4, -0.2) is 74.0 Å². The number of benzene rings is 1. The molecule has 0 aromatic heterocycles. The highest BCUT2D eigenvalue weighted by molar-refractivity contribution is 7.89. The fourth-order valence-electron chi connectivity index (χ4n) is 4.43. The van der Waals surface area contributed by atoms with Crippen LogP contribution in [0.5, 0.6) is 0 Å². The lowest BCUT2D eigenvalue weighted by molar-refractivity contribution is -0.164. The summed E-state index contributed by atoms with van der Waals surface area (Å²) in [5.74, 6) is -0.667. The van der Waals surface area contributed by atoms with Gasteiger partial charge in [-0.25, -0.2) is 8.42 Å². The zero-order valence-electron chi connectivity index (χ0n) is 19.9. The van der Waals surface area contributed by atoms with E-state index in [1.54, 1.807) is 40.4 Å². The minimum Gasteiger partial charge on any atom is -0.453 e. The van der Waals surface area contributed by atoms with Gasteiger partial charge in [0.2, 0.25) is 10.0 Å². The van der Waals surface area contributed by atoms with Crippen molar-refractivity contribution in [1.29, 1.82) is 0 Å². The van der Waals surface area contributed by atoms with Crippen molar-refractivity contribution in [3.8, 4) is 0 Å². The van der Waals surface area contributed by atoms with Gasteiger partial charge in [-0.05, 0) is 57.7 Å². The van der Waals surface area contributed by atoms with E-state index in [9.17, 15) is 18.0 Å². The van der Waals surface area contributed by atoms with E-state index in [1.807, 2.05) is 13.8 Å². The number of hydrogen-bond acceptors (Lipinski definition) is 6. The maximum atomic E-state index is 12.9. The number of esters is 1. The molecule has 0 spiro atoms. The summed E-state index contributed by atoms with van der Waals surface area (Å²) in [5, 5.41) is 0. The summed E-state index contributed by atoms with van der Waals surface area (Å²) in [7, 11) is -3.49. The molecule has 0 radical (unpaired) electrons. The molecule has 0 aliphatic carbocycles. The Morgan fingerprint density at radius 1 is 1.03 bits per heavy atom. The first-order valence-electron chi connectivity index (χ1n) is 11.9. The van der Waals surface area contributed by atoms with Crippen molar-refractivity contribution < 1.29 is 27.5 Å². The summed E-state index contributed by atoms with van der Waals surface area (Å²) in [5.41, 5.74) is 0.844. The molecule has 2 fully saturated rings. The van der Waals surface area contributed by atoms with Gasteiger partial charge in [0.25, 0.3) is 5.91 Å². The van der Waals surface area contributed by atoms with Gasteiger partial charge in [-0.3, -0.25) is 9.59 Å². The largest absolute Gasteiger partial charge is 0.453 e. The van der Waals surface area contributed by atoms with Gasteiger partial charge in [-0.1, -0.05) is 25.0 Å². The van der Waals surface area contributed by atoms with Gasteiger partial charge in [0.15, 0.2) is 6.10 Å². The molecule has 3 rings (SSSR count). The van der Waals surface area contributed by atoms with Crippen LogP contribution in [0.4, 0.5) is 0 Å². The first kappa shape index (κ1) is 25.6. The topological polar surface area (TPSA) is 93.2 Å². The highest BCUT2D eigenvalue weighted by atomic mass is 32.2. The van der Waals surface area contributed by atoms with E-state index in [0.29, 0.717) is 32.6 Å². The quantitative estimate of drug-likeness (QED) is 0.557. The molecule has 0 saturated carbocycles. The highest BCUT2D eigenvalue weighted by Gasteiger charge is 2.30. The number of carbonyl (C=O) groups is 2. The van der Waals surface area contributed by atoms with E-state index in [0.717, 1.165) is 31.2 Å². The van der Waals surface area contributed by atoms with E-state index in [4.69, 9.17) is 9.47 Å². The number of morpholine rings is 1. The molecule has 9 heteroatoms. The summed E-state index contributed by atoms with van der Waals surface area (Å²) >= 11 is 0. The van der Waals surface area contributed by atoms with Crippen molar-refractivity contribution in [3.05, 3.63) is 29.8 Å². The lowest BCUT2D eigenvalue weighted by Gasteiger charge is -2.36. The van der Waals surface area contributed by atoms with Gasteiger partial charge in [0.05, 0.1) is 17.1 Å². The first-order chi connectivity index (χ1) is 15.7. The number of carbonyl (C=O) groups excluding carboxylic acids is 2. The standard InChI is InChI=1S/C24H36N2O6S/c1-18-16-25(17-19(2)31-18)24(28)20(3)32-23(27)13-10-21-8-11-22(12-9-21)33(29,30)26-14-6-4-5-7-15-26/h8-9,11-12,18-20H,4-7,10,13-17H2,1-3H3. The maximum Gasteiger partial charge on any atom is 0.306 e. The second-order valence-electron chi connectivity index (χ2n) is 9.09. The lowest BCUT2D eigenvalue weighted by atomic mass is 10.1.